The zero-order valence-electron chi connectivity index (χ0n) is 14.9. The molecule has 1 heteroatoms. The predicted octanol–water partition coefficient (Wildman–Crippen LogP) is 6.89. The summed E-state index contributed by atoms with van der Waals surface area (Å²) in [6.07, 6.45) is 29.8. The van der Waals surface area contributed by atoms with E-state index >= 15 is 0 Å². The molecule has 0 aliphatic rings. The molecule has 0 aromatic heterocycles. The van der Waals surface area contributed by atoms with Crippen molar-refractivity contribution in [1.82, 2.24) is 0 Å². The number of hydrogen-bond acceptors (Lipinski definition) is 1. The average Bonchev–Trinajstić information content (AvgIpc) is 2.57. The third-order valence-electron chi connectivity index (χ3n) is 3.48. The molecule has 0 saturated heterocycles. The molecule has 0 radical (unpaired) electrons. The third kappa shape index (κ3) is 18.3. The number of unbranched alkanes of at least 4 members (excludes halogenated alkanes) is 4. The van der Waals surface area contributed by atoms with Crippen molar-refractivity contribution in [2.24, 2.45) is 0 Å². The molecular weight excluding hydrogens is 280 g/mol. The Labute approximate surface area is 143 Å². The van der Waals surface area contributed by atoms with Crippen molar-refractivity contribution in [2.45, 2.75) is 71.1 Å². The molecule has 0 spiro atoms. The van der Waals surface area contributed by atoms with Crippen LogP contribution in [-0.4, -0.2) is 5.78 Å². The minimum Gasteiger partial charge on any atom is -0.295 e. The van der Waals surface area contributed by atoms with Crippen LogP contribution in [0.2, 0.25) is 0 Å². The van der Waals surface area contributed by atoms with Crippen LogP contribution in [0.25, 0.3) is 0 Å². The van der Waals surface area contributed by atoms with E-state index in [1.54, 1.807) is 0 Å². The molecule has 0 saturated carbocycles. The number of rotatable bonds is 15. The van der Waals surface area contributed by atoms with E-state index in [1.165, 1.54) is 31.8 Å². The molecular formula is C22H34O. The minimum absolute atomic E-state index is 0.140. The molecule has 0 unspecified atom stereocenters. The summed E-state index contributed by atoms with van der Waals surface area (Å²) < 4.78 is 0. The first-order valence-corrected chi connectivity index (χ1v) is 9.06. The molecule has 0 bridgehead atoms. The molecule has 1 nitrogen and oxygen atoms in total. The molecule has 0 aromatic rings. The van der Waals surface area contributed by atoms with Crippen LogP contribution in [0.3, 0.4) is 0 Å². The number of ketones is 1. The van der Waals surface area contributed by atoms with E-state index < -0.39 is 0 Å². The monoisotopic (exact) mass is 314 g/mol. The van der Waals surface area contributed by atoms with E-state index in [0.29, 0.717) is 6.42 Å². The van der Waals surface area contributed by atoms with Crippen LogP contribution >= 0.6 is 0 Å². The second kappa shape index (κ2) is 18.4. The lowest BCUT2D eigenvalue weighted by Crippen LogP contribution is -1.89. The molecule has 0 rings (SSSR count). The summed E-state index contributed by atoms with van der Waals surface area (Å²) in [6.45, 7) is 5.71. The SMILES string of the molecule is C=CC(=O)CCCC=CCC=CCC=CCC=CCCCCC. The summed E-state index contributed by atoms with van der Waals surface area (Å²) in [5, 5.41) is 0. The summed E-state index contributed by atoms with van der Waals surface area (Å²) in [5.74, 6) is 0.140. The maximum atomic E-state index is 11.0. The van der Waals surface area contributed by atoms with Gasteiger partial charge >= 0.3 is 0 Å². The van der Waals surface area contributed by atoms with Crippen molar-refractivity contribution in [3.8, 4) is 0 Å². The first-order valence-electron chi connectivity index (χ1n) is 9.06. The van der Waals surface area contributed by atoms with Crippen molar-refractivity contribution in [2.75, 3.05) is 0 Å². The maximum Gasteiger partial charge on any atom is 0.155 e. The van der Waals surface area contributed by atoms with Gasteiger partial charge in [-0.1, -0.05) is 75.0 Å². The highest BCUT2D eigenvalue weighted by molar-refractivity contribution is 5.88. The van der Waals surface area contributed by atoms with Gasteiger partial charge in [0.15, 0.2) is 5.78 Å². The van der Waals surface area contributed by atoms with Gasteiger partial charge in [-0.15, -0.1) is 0 Å². The van der Waals surface area contributed by atoms with Gasteiger partial charge in [-0.05, 0) is 51.0 Å². The molecule has 0 aliphatic heterocycles. The van der Waals surface area contributed by atoms with Crippen LogP contribution in [0.15, 0.2) is 61.3 Å². The van der Waals surface area contributed by atoms with Crippen LogP contribution in [0, 0.1) is 0 Å². The van der Waals surface area contributed by atoms with Crippen molar-refractivity contribution in [3.05, 3.63) is 61.3 Å². The fraction of sp³-hybridized carbons (Fsp3) is 0.500. The molecule has 128 valence electrons. The van der Waals surface area contributed by atoms with Crippen molar-refractivity contribution >= 4 is 5.78 Å². The molecule has 0 N–H and O–H groups in total. The molecule has 0 amide bonds. The van der Waals surface area contributed by atoms with Crippen molar-refractivity contribution < 1.29 is 4.79 Å². The normalized spacial score (nSPS) is 12.2. The second-order valence-electron chi connectivity index (χ2n) is 5.65. The van der Waals surface area contributed by atoms with Gasteiger partial charge in [0.1, 0.15) is 0 Å². The summed E-state index contributed by atoms with van der Waals surface area (Å²) in [7, 11) is 0. The van der Waals surface area contributed by atoms with Gasteiger partial charge in [-0.2, -0.15) is 0 Å². The van der Waals surface area contributed by atoms with Gasteiger partial charge in [-0.25, -0.2) is 0 Å². The van der Waals surface area contributed by atoms with E-state index in [0.717, 1.165) is 32.1 Å². The fourth-order valence-electron chi connectivity index (χ4n) is 2.06. The van der Waals surface area contributed by atoms with E-state index in [4.69, 9.17) is 0 Å². The molecule has 23 heavy (non-hydrogen) atoms. The van der Waals surface area contributed by atoms with Gasteiger partial charge in [0.25, 0.3) is 0 Å². The number of carbonyl (C=O) groups excluding carboxylic acids is 1. The highest BCUT2D eigenvalue weighted by Gasteiger charge is 1.92. The lowest BCUT2D eigenvalue weighted by Gasteiger charge is -1.91. The Morgan fingerprint density at radius 3 is 1.70 bits per heavy atom. The molecule has 0 aromatic carbocycles. The van der Waals surface area contributed by atoms with Crippen LogP contribution in [0.1, 0.15) is 71.1 Å². The maximum absolute atomic E-state index is 11.0. The zero-order chi connectivity index (χ0) is 17.0. The highest BCUT2D eigenvalue weighted by atomic mass is 16.1. The average molecular weight is 315 g/mol. The first kappa shape index (κ1) is 21.4. The lowest BCUT2D eigenvalue weighted by molar-refractivity contribution is -0.114. The first-order chi connectivity index (χ1) is 11.3. The topological polar surface area (TPSA) is 17.1 Å². The van der Waals surface area contributed by atoms with Gasteiger partial charge in [-0.3, -0.25) is 4.79 Å². The van der Waals surface area contributed by atoms with E-state index in [2.05, 4.69) is 62.1 Å². The molecule has 0 fully saturated rings. The Hall–Kier alpha value is -1.63. The smallest absolute Gasteiger partial charge is 0.155 e. The Morgan fingerprint density at radius 2 is 1.22 bits per heavy atom. The summed E-state index contributed by atoms with van der Waals surface area (Å²) in [5.41, 5.74) is 0. The van der Waals surface area contributed by atoms with Crippen LogP contribution in [0.5, 0.6) is 0 Å². The number of hydrogen-bond donors (Lipinski definition) is 0. The second-order valence-corrected chi connectivity index (χ2v) is 5.65. The summed E-state index contributed by atoms with van der Waals surface area (Å²) >= 11 is 0. The fourth-order valence-corrected chi connectivity index (χ4v) is 2.06. The largest absolute Gasteiger partial charge is 0.295 e. The van der Waals surface area contributed by atoms with Gasteiger partial charge in [0.2, 0.25) is 0 Å². The zero-order valence-corrected chi connectivity index (χ0v) is 14.9. The van der Waals surface area contributed by atoms with Crippen LogP contribution in [-0.2, 0) is 4.79 Å². The van der Waals surface area contributed by atoms with Crippen molar-refractivity contribution in [1.29, 1.82) is 0 Å². The van der Waals surface area contributed by atoms with E-state index in [-0.39, 0.29) is 5.78 Å². The summed E-state index contributed by atoms with van der Waals surface area (Å²) in [4.78, 5) is 11.0. The number of carbonyl (C=O) groups is 1. The third-order valence-corrected chi connectivity index (χ3v) is 3.48. The Balaban J connectivity index is 3.44. The van der Waals surface area contributed by atoms with Gasteiger partial charge in [0, 0.05) is 6.42 Å². The van der Waals surface area contributed by atoms with E-state index in [9.17, 15) is 4.79 Å². The quantitative estimate of drug-likeness (QED) is 0.183. The molecule has 0 atom stereocenters. The highest BCUT2D eigenvalue weighted by Crippen LogP contribution is 2.01. The van der Waals surface area contributed by atoms with Crippen LogP contribution in [0.4, 0.5) is 0 Å². The Kier molecular flexibility index (Phi) is 17.1. The number of allylic oxidation sites excluding steroid dienone is 9. The van der Waals surface area contributed by atoms with Crippen LogP contribution < -0.4 is 0 Å². The Bertz CT molecular complexity index is 396. The molecule has 0 aliphatic carbocycles. The Morgan fingerprint density at radius 1 is 0.739 bits per heavy atom. The van der Waals surface area contributed by atoms with Gasteiger partial charge < -0.3 is 0 Å². The summed E-state index contributed by atoms with van der Waals surface area (Å²) in [6, 6.07) is 0. The van der Waals surface area contributed by atoms with E-state index in [1.807, 2.05) is 0 Å². The van der Waals surface area contributed by atoms with Gasteiger partial charge in [0.05, 0.1) is 0 Å². The molecule has 0 heterocycles. The van der Waals surface area contributed by atoms with Crippen molar-refractivity contribution in [3.63, 3.8) is 0 Å². The predicted molar refractivity (Wildman–Crippen MR) is 104 cm³/mol. The lowest BCUT2D eigenvalue weighted by atomic mass is 10.1. The standard InChI is InChI=1S/C22H34O/c1-3-5-6-7-8-9-10-11-12-13-14-15-16-17-18-19-20-21-22(23)4-2/h4,8-9,11-12,14-15,17-18H,2-3,5-7,10,13,16,19-21H2,1H3. The minimum atomic E-state index is 0.140.